The third kappa shape index (κ3) is 11.7. The molecule has 2 saturated heterocycles. The molecule has 2 aliphatic rings. The number of anilines is 2. The minimum atomic E-state index is -5.22. The van der Waals surface area contributed by atoms with Crippen LogP contribution in [0.2, 0.25) is 0 Å². The van der Waals surface area contributed by atoms with Gasteiger partial charge in [-0.25, -0.2) is 33.7 Å². The smallest absolute Gasteiger partial charge is 0.455 e. The van der Waals surface area contributed by atoms with Crippen LogP contribution in [0.1, 0.15) is 52.5 Å². The minimum absolute atomic E-state index is 0.00785. The van der Waals surface area contributed by atoms with Crippen LogP contribution >= 0.6 is 15.6 Å². The van der Waals surface area contributed by atoms with Crippen LogP contribution in [0.3, 0.4) is 0 Å². The number of phosphoric acid groups is 2. The summed E-state index contributed by atoms with van der Waals surface area (Å²) in [5.41, 5.74) is 10.2. The largest absolute Gasteiger partial charge is 0.472 e. The highest BCUT2D eigenvalue weighted by Gasteiger charge is 2.50. The highest BCUT2D eigenvalue weighted by molar-refractivity contribution is 7.47. The number of hydrogen-bond donors (Lipinski definition) is 6. The molecule has 5 rings (SSSR count). The van der Waals surface area contributed by atoms with Crippen molar-refractivity contribution in [2.75, 3.05) is 38.3 Å². The summed E-state index contributed by atoms with van der Waals surface area (Å²) in [5, 5.41) is 11.7. The molecule has 0 aliphatic carbocycles. The van der Waals surface area contributed by atoms with Crippen LogP contribution < -0.4 is 17.2 Å². The molecule has 3 aromatic heterocycles. The number of carbonyl (C=O) groups excluding carboxylic acids is 2. The van der Waals surface area contributed by atoms with Crippen molar-refractivity contribution in [1.82, 2.24) is 34.0 Å². The molecule has 25 nitrogen and oxygen atoms in total. The van der Waals surface area contributed by atoms with E-state index in [9.17, 15) is 43.3 Å². The number of phosphoric ester groups is 2. The summed E-state index contributed by atoms with van der Waals surface area (Å²) < 4.78 is 66.0. The van der Waals surface area contributed by atoms with Crippen molar-refractivity contribution in [3.8, 4) is 0 Å². The van der Waals surface area contributed by atoms with Gasteiger partial charge in [-0.05, 0) is 33.3 Å². The Hall–Kier alpha value is -4.23. The lowest BCUT2D eigenvalue weighted by atomic mass is 10.1. The van der Waals surface area contributed by atoms with Crippen molar-refractivity contribution in [2.24, 2.45) is 0 Å². The van der Waals surface area contributed by atoms with Gasteiger partial charge < -0.3 is 55.1 Å². The average molecular weight is 876 g/mol. The SMILES string of the molecule is C=CCCC(=O)N(C)C(COC(C)(C)C)C(=O)O[C@H]1[C@@H](O)[C@H](n2cnc3c(N)ncnc32)O[C@H]1COP(=O)(O)O[C@H]1C[C@H](n2ccc(N)nc2=O)O[C@@H]1COP(=O)(O)O. The fourth-order valence-corrected chi connectivity index (χ4v) is 7.36. The average Bonchev–Trinajstić information content (AvgIpc) is 3.83. The van der Waals surface area contributed by atoms with E-state index < -0.39 is 101 Å². The molecule has 2 fully saturated rings. The molecule has 9 atom stereocenters. The molecule has 3 aromatic rings. The van der Waals surface area contributed by atoms with Crippen LogP contribution in [-0.2, 0) is 51.2 Å². The fourth-order valence-electron chi connectivity index (χ4n) is 6.06. The van der Waals surface area contributed by atoms with E-state index in [0.717, 1.165) is 15.8 Å². The van der Waals surface area contributed by atoms with E-state index in [4.69, 9.17) is 39.5 Å². The number of nitrogens with two attached hydrogens (primary N) is 2. The Morgan fingerprint density at radius 3 is 2.47 bits per heavy atom. The maximum Gasteiger partial charge on any atom is 0.472 e. The Bertz CT molecular complexity index is 2140. The lowest BCUT2D eigenvalue weighted by Gasteiger charge is -2.31. The Morgan fingerprint density at radius 2 is 1.81 bits per heavy atom. The Morgan fingerprint density at radius 1 is 1.10 bits per heavy atom. The number of allylic oxidation sites excluding steroid dienone is 1. The predicted octanol–water partition coefficient (Wildman–Crippen LogP) is -0.0750. The highest BCUT2D eigenvalue weighted by Crippen LogP contribution is 2.50. The van der Waals surface area contributed by atoms with E-state index >= 15 is 0 Å². The fraction of sp³-hybridized carbons (Fsp3) is 0.594. The summed E-state index contributed by atoms with van der Waals surface area (Å²) in [6.07, 6.45) is -5.31. The molecule has 0 saturated carbocycles. The van der Waals surface area contributed by atoms with Crippen molar-refractivity contribution in [3.05, 3.63) is 48.1 Å². The number of esters is 1. The van der Waals surface area contributed by atoms with Crippen LogP contribution in [0.5, 0.6) is 0 Å². The number of fused-ring (bicyclic) bond motifs is 1. The number of carbonyl (C=O) groups is 2. The number of imidazole rings is 1. The first-order chi connectivity index (χ1) is 27.6. The van der Waals surface area contributed by atoms with Gasteiger partial charge in [0.2, 0.25) is 5.91 Å². The number of nitrogens with zero attached hydrogens (tertiary/aromatic N) is 7. The van der Waals surface area contributed by atoms with E-state index in [2.05, 4.69) is 31.0 Å². The molecule has 1 amide bonds. The molecule has 2 aliphatic heterocycles. The first-order valence-corrected chi connectivity index (χ1v) is 20.9. The van der Waals surface area contributed by atoms with E-state index in [1.807, 2.05) is 0 Å². The molecule has 326 valence electrons. The molecular weight excluding hydrogens is 828 g/mol. The summed E-state index contributed by atoms with van der Waals surface area (Å²) in [7, 11) is -8.91. The number of rotatable bonds is 18. The Balaban J connectivity index is 1.39. The van der Waals surface area contributed by atoms with Crippen molar-refractivity contribution in [1.29, 1.82) is 0 Å². The minimum Gasteiger partial charge on any atom is -0.455 e. The standard InChI is InChI=1S/C32H47N9O16P2/c1-6-7-8-22(42)39(5)17(12-51-32(2,3)4)30(44)56-26-20(55-29(25(26)43)41-16-37-24-27(34)35-15-36-28(24)41)14-53-59(49,50)57-18-11-23(40-10-9-21(33)38-31(40)45)54-19(18)13-52-58(46,47)48/h6,9-10,15-20,23,25-26,29,43H,1,7-8,11-14H2,2-5H3,(H,49,50)(H2,33,38,45)(H2,34,35,36)(H2,46,47,48)/t17?,18-,19+,20-,23+,25+,26+,29+/m0/s1. The molecule has 59 heavy (non-hydrogen) atoms. The number of ether oxygens (including phenoxy) is 4. The first-order valence-electron chi connectivity index (χ1n) is 17.9. The Labute approximate surface area is 336 Å². The summed E-state index contributed by atoms with van der Waals surface area (Å²) in [6, 6.07) is -0.0561. The maximum absolute atomic E-state index is 13.9. The number of aromatic nitrogens is 6. The number of likely N-dealkylation sites (N-methyl/N-ethyl adjacent to an activating group) is 1. The molecule has 0 aromatic carbocycles. The number of hydrogen-bond acceptors (Lipinski definition) is 19. The zero-order chi connectivity index (χ0) is 43.4. The second-order valence-corrected chi connectivity index (χ2v) is 17.1. The van der Waals surface area contributed by atoms with E-state index in [-0.39, 0.29) is 42.2 Å². The third-order valence-electron chi connectivity index (χ3n) is 9.01. The van der Waals surface area contributed by atoms with E-state index in [1.165, 1.54) is 36.3 Å². The number of aliphatic hydroxyl groups excluding tert-OH is 1. The van der Waals surface area contributed by atoms with Gasteiger partial charge in [0, 0.05) is 26.1 Å². The summed E-state index contributed by atoms with van der Waals surface area (Å²) >= 11 is 0. The first kappa shape index (κ1) is 45.8. The van der Waals surface area contributed by atoms with E-state index in [1.54, 1.807) is 20.8 Å². The normalized spacial score (nSPS) is 25.1. The van der Waals surface area contributed by atoms with Gasteiger partial charge >= 0.3 is 27.3 Å². The van der Waals surface area contributed by atoms with Gasteiger partial charge in [0.05, 0.1) is 31.7 Å². The molecule has 0 spiro atoms. The summed E-state index contributed by atoms with van der Waals surface area (Å²) in [4.78, 5) is 86.0. The zero-order valence-electron chi connectivity index (χ0n) is 32.3. The topological polar surface area (TPSA) is 348 Å². The number of nitrogen functional groups attached to an aromatic ring is 2. The van der Waals surface area contributed by atoms with Gasteiger partial charge in [0.1, 0.15) is 48.3 Å². The molecule has 8 N–H and O–H groups in total. The van der Waals surface area contributed by atoms with Crippen LogP contribution in [0, 0.1) is 0 Å². The van der Waals surface area contributed by atoms with Crippen LogP contribution in [0.15, 0.2) is 42.4 Å². The Kier molecular flexibility index (Phi) is 14.4. The monoisotopic (exact) mass is 875 g/mol. The van der Waals surface area contributed by atoms with E-state index in [0.29, 0.717) is 6.42 Å². The van der Waals surface area contributed by atoms with Gasteiger partial charge in [-0.1, -0.05) is 6.08 Å². The second-order valence-electron chi connectivity index (χ2n) is 14.4. The lowest BCUT2D eigenvalue weighted by Crippen LogP contribution is -2.50. The van der Waals surface area contributed by atoms with Gasteiger partial charge in [-0.3, -0.25) is 27.5 Å². The van der Waals surface area contributed by atoms with Crippen LogP contribution in [-0.4, -0.2) is 135 Å². The predicted molar refractivity (Wildman–Crippen MR) is 201 cm³/mol. The lowest BCUT2D eigenvalue weighted by molar-refractivity contribution is -0.169. The van der Waals surface area contributed by atoms with Gasteiger partial charge in [0.15, 0.2) is 29.8 Å². The zero-order valence-corrected chi connectivity index (χ0v) is 34.1. The quantitative estimate of drug-likeness (QED) is 0.0553. The summed E-state index contributed by atoms with van der Waals surface area (Å²) in [5.74, 6) is -1.56. The van der Waals surface area contributed by atoms with Crippen LogP contribution in [0.4, 0.5) is 11.6 Å². The maximum atomic E-state index is 13.9. The number of amides is 1. The van der Waals surface area contributed by atoms with Crippen LogP contribution in [0.25, 0.3) is 11.2 Å². The second kappa shape index (κ2) is 18.6. The van der Waals surface area contributed by atoms with Gasteiger partial charge in [0.25, 0.3) is 0 Å². The van der Waals surface area contributed by atoms with Crippen molar-refractivity contribution in [3.63, 3.8) is 0 Å². The van der Waals surface area contributed by atoms with Gasteiger partial charge in [-0.15, -0.1) is 6.58 Å². The summed E-state index contributed by atoms with van der Waals surface area (Å²) in [6.45, 7) is 6.78. The third-order valence-corrected chi connectivity index (χ3v) is 10.5. The van der Waals surface area contributed by atoms with Crippen molar-refractivity contribution in [2.45, 2.75) is 94.7 Å². The number of aliphatic hydroxyl groups is 1. The molecule has 2 unspecified atom stereocenters. The highest BCUT2D eigenvalue weighted by atomic mass is 31.2. The molecular formula is C32H47N9O16P2. The van der Waals surface area contributed by atoms with Crippen molar-refractivity contribution >= 4 is 50.3 Å². The van der Waals surface area contributed by atoms with Gasteiger partial charge in [-0.2, -0.15) is 4.98 Å². The molecule has 27 heteroatoms. The molecule has 5 heterocycles. The molecule has 0 radical (unpaired) electrons. The molecule has 0 bridgehead atoms. The van der Waals surface area contributed by atoms with Crippen molar-refractivity contribution < 1.29 is 71.0 Å².